The number of hydrogen-bond donors (Lipinski definition) is 1. The molecule has 0 spiro atoms. The van der Waals surface area contributed by atoms with Crippen LogP contribution >= 0.6 is 22.6 Å². The first-order chi connectivity index (χ1) is 11.5. The maximum Gasteiger partial charge on any atom is 0.438 e. The lowest BCUT2D eigenvalue weighted by Gasteiger charge is -2.35. The molecule has 0 aliphatic rings. The fourth-order valence-corrected chi connectivity index (χ4v) is 3.14. The van der Waals surface area contributed by atoms with Crippen LogP contribution in [0.2, 0.25) is 0 Å². The molecule has 0 aliphatic heterocycles. The Morgan fingerprint density at radius 3 is 2.04 bits per heavy atom. The van der Waals surface area contributed by atoms with E-state index in [2.05, 4.69) is 4.74 Å². The highest BCUT2D eigenvalue weighted by Gasteiger charge is 2.76. The van der Waals surface area contributed by atoms with Gasteiger partial charge in [-0.05, 0) is 40.8 Å². The molecule has 1 rings (SSSR count). The molecule has 14 heteroatoms. The minimum atomic E-state index is -6.40. The summed E-state index contributed by atoms with van der Waals surface area (Å²) in [7, 11) is -4.85. The molecule has 148 valence electrons. The van der Waals surface area contributed by atoms with Crippen molar-refractivity contribution >= 4 is 38.7 Å². The fraction of sp³-hybridized carbons (Fsp3) is 0.417. The molecule has 0 unspecified atom stereocenters. The lowest BCUT2D eigenvalue weighted by molar-refractivity contribution is -0.356. The molecule has 0 aromatic heterocycles. The molecule has 0 aliphatic carbocycles. The highest BCUT2D eigenvalue weighted by Crippen LogP contribution is 2.47. The molecule has 0 heterocycles. The van der Waals surface area contributed by atoms with Crippen LogP contribution < -0.4 is 4.74 Å². The number of ether oxygens (including phenoxy) is 2. The number of alkyl halides is 6. The Bertz CT molecular complexity index is 774. The van der Waals surface area contributed by atoms with E-state index in [-0.39, 0.29) is 0 Å². The van der Waals surface area contributed by atoms with Crippen molar-refractivity contribution in [2.24, 2.45) is 0 Å². The van der Waals surface area contributed by atoms with Gasteiger partial charge in [-0.15, -0.1) is 0 Å². The molecule has 0 fully saturated rings. The van der Waals surface area contributed by atoms with E-state index in [1.807, 2.05) is 0 Å². The molecular weight excluding hydrogens is 513 g/mol. The zero-order valence-electron chi connectivity index (χ0n) is 12.5. The van der Waals surface area contributed by atoms with E-state index in [9.17, 15) is 39.6 Å². The highest BCUT2D eigenvalue weighted by atomic mass is 127. The predicted molar refractivity (Wildman–Crippen MR) is 82.4 cm³/mol. The maximum atomic E-state index is 13.1. The van der Waals surface area contributed by atoms with Gasteiger partial charge in [0.2, 0.25) is 0 Å². The van der Waals surface area contributed by atoms with Crippen LogP contribution in [0.4, 0.5) is 26.3 Å². The molecule has 26 heavy (non-hydrogen) atoms. The Kier molecular flexibility index (Phi) is 6.46. The molecule has 0 amide bonds. The standard InChI is InChI=1S/C12H9F6IO6S/c1-24-8-4-6(19)2-3-7(8)9(20)25-10(11(13,14)15,12(16,17)18)5-26(21,22)23/h2-4H,5H2,1H3,(H,21,22,23). The number of hydrogen-bond acceptors (Lipinski definition) is 5. The van der Waals surface area contributed by atoms with E-state index >= 15 is 0 Å². The van der Waals surface area contributed by atoms with E-state index in [0.717, 1.165) is 19.2 Å². The van der Waals surface area contributed by atoms with Crippen molar-refractivity contribution in [3.05, 3.63) is 27.3 Å². The lowest BCUT2D eigenvalue weighted by atomic mass is 10.1. The van der Waals surface area contributed by atoms with E-state index in [0.29, 0.717) is 3.57 Å². The Balaban J connectivity index is 3.53. The summed E-state index contributed by atoms with van der Waals surface area (Å²) in [5.74, 6) is -5.49. The molecule has 1 N–H and O–H groups in total. The van der Waals surface area contributed by atoms with Gasteiger partial charge in [0.25, 0.3) is 10.1 Å². The smallest absolute Gasteiger partial charge is 0.438 e. The number of esters is 1. The van der Waals surface area contributed by atoms with Crippen molar-refractivity contribution in [3.63, 3.8) is 0 Å². The maximum absolute atomic E-state index is 13.1. The molecule has 0 radical (unpaired) electrons. The van der Waals surface area contributed by atoms with Gasteiger partial charge >= 0.3 is 23.9 Å². The van der Waals surface area contributed by atoms with E-state index in [1.54, 1.807) is 22.6 Å². The molecule has 0 saturated heterocycles. The van der Waals surface area contributed by atoms with E-state index in [4.69, 9.17) is 9.29 Å². The number of carbonyl (C=O) groups excluding carboxylic acids is 1. The summed E-state index contributed by atoms with van der Waals surface area (Å²) in [4.78, 5) is 11.9. The van der Waals surface area contributed by atoms with Crippen molar-refractivity contribution < 1.29 is 53.6 Å². The summed E-state index contributed by atoms with van der Waals surface area (Å²) in [6, 6.07) is 3.14. The third-order valence-corrected chi connectivity index (χ3v) is 4.39. The summed E-state index contributed by atoms with van der Waals surface area (Å²) in [5, 5.41) is 0. The molecule has 6 nitrogen and oxygen atoms in total. The van der Waals surface area contributed by atoms with Crippen molar-refractivity contribution in [2.45, 2.75) is 18.0 Å². The predicted octanol–water partition coefficient (Wildman–Crippen LogP) is 3.21. The zero-order valence-corrected chi connectivity index (χ0v) is 15.5. The largest absolute Gasteiger partial charge is 0.496 e. The SMILES string of the molecule is COc1cc(I)ccc1C(=O)OC(CS(=O)(=O)O)(C(F)(F)F)C(F)(F)F. The Hall–Kier alpha value is -1.29. The van der Waals surface area contributed by atoms with Gasteiger partial charge in [0.15, 0.2) is 0 Å². The van der Waals surface area contributed by atoms with Gasteiger partial charge in [0.05, 0.1) is 7.11 Å². The third kappa shape index (κ3) is 4.91. The van der Waals surface area contributed by atoms with Gasteiger partial charge in [0, 0.05) is 3.57 Å². The summed E-state index contributed by atoms with van der Waals surface area (Å²) in [6.45, 7) is 0. The zero-order chi connectivity index (χ0) is 20.6. The van der Waals surface area contributed by atoms with Gasteiger partial charge in [-0.2, -0.15) is 34.8 Å². The van der Waals surface area contributed by atoms with Crippen molar-refractivity contribution in [1.82, 2.24) is 0 Å². The summed E-state index contributed by atoms with van der Waals surface area (Å²) in [6.07, 6.45) is -12.8. The second-order valence-corrected chi connectivity index (χ2v) is 7.48. The van der Waals surface area contributed by atoms with Crippen molar-refractivity contribution in [2.75, 3.05) is 12.9 Å². The van der Waals surface area contributed by atoms with Crippen LogP contribution in [0.1, 0.15) is 10.4 Å². The second kappa shape index (κ2) is 7.38. The Labute approximate surface area is 156 Å². The van der Waals surface area contributed by atoms with Gasteiger partial charge in [-0.1, -0.05) is 0 Å². The molecular formula is C12H9F6IO6S. The summed E-state index contributed by atoms with van der Waals surface area (Å²) < 4.78 is 118. The lowest BCUT2D eigenvalue weighted by Crippen LogP contribution is -2.63. The average molecular weight is 522 g/mol. The molecule has 1 aromatic carbocycles. The Morgan fingerprint density at radius 2 is 1.65 bits per heavy atom. The van der Waals surface area contributed by atoms with Crippen LogP contribution in [0.25, 0.3) is 0 Å². The topological polar surface area (TPSA) is 89.9 Å². The van der Waals surface area contributed by atoms with Crippen LogP contribution in [0.5, 0.6) is 5.75 Å². The number of rotatable bonds is 5. The van der Waals surface area contributed by atoms with Crippen LogP contribution in [-0.2, 0) is 14.9 Å². The van der Waals surface area contributed by atoms with Crippen LogP contribution in [0, 0.1) is 3.57 Å². The van der Waals surface area contributed by atoms with Crippen molar-refractivity contribution in [1.29, 1.82) is 0 Å². The van der Waals surface area contributed by atoms with Crippen LogP contribution in [0.3, 0.4) is 0 Å². The van der Waals surface area contributed by atoms with Gasteiger partial charge < -0.3 is 9.47 Å². The summed E-state index contributed by atoms with van der Waals surface area (Å²) >= 11 is 1.74. The first kappa shape index (κ1) is 22.8. The molecule has 1 aromatic rings. The van der Waals surface area contributed by atoms with E-state index in [1.165, 1.54) is 6.07 Å². The molecule has 0 saturated carbocycles. The summed E-state index contributed by atoms with van der Waals surface area (Å²) in [5.41, 5.74) is -6.28. The van der Waals surface area contributed by atoms with Crippen molar-refractivity contribution in [3.8, 4) is 5.75 Å². The molecule has 0 bridgehead atoms. The van der Waals surface area contributed by atoms with Crippen LogP contribution in [0.15, 0.2) is 18.2 Å². The monoisotopic (exact) mass is 522 g/mol. The third-order valence-electron chi connectivity index (χ3n) is 2.95. The minimum absolute atomic E-state index is 0.396. The normalized spacial score (nSPS) is 13.4. The van der Waals surface area contributed by atoms with Crippen LogP contribution in [-0.4, -0.2) is 49.8 Å². The first-order valence-corrected chi connectivity index (χ1v) is 8.88. The van der Waals surface area contributed by atoms with Gasteiger partial charge in [-0.3, -0.25) is 4.55 Å². The number of benzene rings is 1. The fourth-order valence-electron chi connectivity index (χ4n) is 1.77. The second-order valence-electron chi connectivity index (χ2n) is 4.78. The number of carbonyl (C=O) groups is 1. The number of methoxy groups -OCH3 is 1. The quantitative estimate of drug-likeness (QED) is 0.277. The highest BCUT2D eigenvalue weighted by molar-refractivity contribution is 14.1. The number of halogens is 7. The van der Waals surface area contributed by atoms with Gasteiger partial charge in [-0.25, -0.2) is 4.79 Å². The minimum Gasteiger partial charge on any atom is -0.496 e. The average Bonchev–Trinajstić information content (AvgIpc) is 2.42. The van der Waals surface area contributed by atoms with E-state index < -0.39 is 51.1 Å². The molecule has 0 atom stereocenters. The first-order valence-electron chi connectivity index (χ1n) is 6.19. The Morgan fingerprint density at radius 1 is 1.15 bits per heavy atom. The van der Waals surface area contributed by atoms with Gasteiger partial charge in [0.1, 0.15) is 17.1 Å².